The van der Waals surface area contributed by atoms with Crippen LogP contribution in [0.3, 0.4) is 0 Å². The Labute approximate surface area is 214 Å². The van der Waals surface area contributed by atoms with Gasteiger partial charge in [0.1, 0.15) is 11.6 Å². The van der Waals surface area contributed by atoms with Gasteiger partial charge in [0.15, 0.2) is 0 Å². The molecule has 0 saturated carbocycles. The second kappa shape index (κ2) is 9.76. The van der Waals surface area contributed by atoms with Crippen molar-refractivity contribution in [3.8, 4) is 11.1 Å². The van der Waals surface area contributed by atoms with E-state index < -0.39 is 28.4 Å². The fourth-order valence-electron chi connectivity index (χ4n) is 4.80. The molecule has 2 aromatic carbocycles. The summed E-state index contributed by atoms with van der Waals surface area (Å²) in [4.78, 5) is 33.8. The van der Waals surface area contributed by atoms with E-state index in [1.807, 2.05) is 4.90 Å². The fourth-order valence-corrected chi connectivity index (χ4v) is 6.80. The summed E-state index contributed by atoms with van der Waals surface area (Å²) in [7, 11) is -0.0577. The number of piperazine rings is 1. The highest BCUT2D eigenvalue weighted by Crippen LogP contribution is 2.42. The van der Waals surface area contributed by atoms with E-state index in [0.717, 1.165) is 0 Å². The van der Waals surface area contributed by atoms with Crippen LogP contribution in [0.15, 0.2) is 52.7 Å². The van der Waals surface area contributed by atoms with Crippen molar-refractivity contribution in [1.82, 2.24) is 14.5 Å². The number of amides is 1. The molecule has 0 spiro atoms. The van der Waals surface area contributed by atoms with Crippen LogP contribution in [0.5, 0.6) is 0 Å². The van der Waals surface area contributed by atoms with Gasteiger partial charge in [0, 0.05) is 44.2 Å². The third-order valence-corrected chi connectivity index (χ3v) is 8.46. The van der Waals surface area contributed by atoms with E-state index in [1.165, 1.54) is 29.9 Å². The van der Waals surface area contributed by atoms with Crippen LogP contribution >= 0.6 is 11.6 Å². The molecule has 3 heterocycles. The van der Waals surface area contributed by atoms with Gasteiger partial charge in [-0.1, -0.05) is 30.3 Å². The first-order chi connectivity index (χ1) is 17.3. The Kier molecular flexibility index (Phi) is 6.67. The van der Waals surface area contributed by atoms with Crippen LogP contribution in [-0.4, -0.2) is 69.7 Å². The Morgan fingerprint density at radius 1 is 1.25 bits per heavy atom. The van der Waals surface area contributed by atoms with Gasteiger partial charge in [-0.2, -0.15) is 4.98 Å². The van der Waals surface area contributed by atoms with E-state index in [2.05, 4.69) is 11.6 Å². The molecule has 1 fully saturated rings. The first-order valence-corrected chi connectivity index (χ1v) is 13.1. The van der Waals surface area contributed by atoms with Gasteiger partial charge in [0.2, 0.25) is 5.91 Å². The molecule has 2 atom stereocenters. The third-order valence-electron chi connectivity index (χ3n) is 6.63. The number of hydrogen-bond donors (Lipinski definition) is 0. The van der Waals surface area contributed by atoms with E-state index in [-0.39, 0.29) is 18.2 Å². The molecule has 5 rings (SSSR count). The van der Waals surface area contributed by atoms with Crippen molar-refractivity contribution in [1.29, 1.82) is 0 Å². The first kappa shape index (κ1) is 24.6. The fraction of sp³-hybridized carbons (Fsp3) is 0.320. The van der Waals surface area contributed by atoms with E-state index in [0.29, 0.717) is 63.9 Å². The van der Waals surface area contributed by atoms with Crippen molar-refractivity contribution < 1.29 is 18.1 Å². The Morgan fingerprint density at radius 2 is 1.94 bits per heavy atom. The molecular weight excluding hydrogens is 507 g/mol. The lowest BCUT2D eigenvalue weighted by Crippen LogP contribution is -2.49. The molecule has 8 nitrogen and oxygen atoms in total. The van der Waals surface area contributed by atoms with E-state index in [9.17, 15) is 18.2 Å². The summed E-state index contributed by atoms with van der Waals surface area (Å²) >= 11 is 6.80. The van der Waals surface area contributed by atoms with Crippen molar-refractivity contribution in [2.24, 2.45) is 0 Å². The predicted octanol–water partition coefficient (Wildman–Crippen LogP) is 2.83. The summed E-state index contributed by atoms with van der Waals surface area (Å²) in [6, 6.07) is 7.51. The van der Waals surface area contributed by atoms with Gasteiger partial charge in [-0.15, -0.1) is 0 Å². The van der Waals surface area contributed by atoms with Gasteiger partial charge in [-0.25, -0.2) is 9.18 Å². The normalized spacial score (nSPS) is 19.9. The number of carbonyl (C=O) groups is 1. The summed E-state index contributed by atoms with van der Waals surface area (Å²) in [5, 5.41) is 0.913. The molecule has 1 amide bonds. The van der Waals surface area contributed by atoms with Gasteiger partial charge in [0.25, 0.3) is 0 Å². The molecular formula is C25H24ClFN4O4S. The van der Waals surface area contributed by atoms with Gasteiger partial charge < -0.3 is 14.5 Å². The quantitative estimate of drug-likeness (QED) is 0.482. The minimum Gasteiger partial charge on any atom is -0.379 e. The van der Waals surface area contributed by atoms with Crippen molar-refractivity contribution in [2.45, 2.75) is 17.5 Å². The number of methoxy groups -OCH3 is 1. The maximum absolute atomic E-state index is 13.7. The van der Waals surface area contributed by atoms with Crippen molar-refractivity contribution in [3.05, 3.63) is 64.3 Å². The zero-order valence-electron chi connectivity index (χ0n) is 19.6. The van der Waals surface area contributed by atoms with Gasteiger partial charge in [-0.3, -0.25) is 13.6 Å². The number of carbonyl (C=O) groups excluding carboxylic acids is 1. The van der Waals surface area contributed by atoms with E-state index in [1.54, 1.807) is 23.1 Å². The molecule has 2 aliphatic rings. The number of ether oxygens (including phenoxy) is 1. The molecule has 11 heteroatoms. The molecule has 3 aromatic rings. The Balaban J connectivity index is 1.75. The molecule has 0 radical (unpaired) electrons. The average molecular weight is 531 g/mol. The van der Waals surface area contributed by atoms with Crippen molar-refractivity contribution in [2.75, 3.05) is 43.9 Å². The van der Waals surface area contributed by atoms with E-state index in [4.69, 9.17) is 16.3 Å². The predicted molar refractivity (Wildman–Crippen MR) is 137 cm³/mol. The number of benzene rings is 2. The van der Waals surface area contributed by atoms with Crippen LogP contribution < -0.4 is 10.6 Å². The first-order valence-electron chi connectivity index (χ1n) is 11.4. The van der Waals surface area contributed by atoms with E-state index >= 15 is 0 Å². The standard InChI is InChI=1S/C25H24ClFN4O4S/c1-3-20(32)29-8-10-30(11-9-29)24-18-12-19(26)21(15-4-6-16(27)7-5-15)23-22(18)31(25(33)28-24)13-17(35-2)14-36(23)34/h3-7,12,17H,1,8-11,13-14H2,2H3/t17?,36-/m0/s1. The minimum absolute atomic E-state index is 0.149. The number of aromatic nitrogens is 2. The maximum atomic E-state index is 13.7. The molecule has 2 aliphatic heterocycles. The molecule has 1 saturated heterocycles. The summed E-state index contributed by atoms with van der Waals surface area (Å²) in [6.45, 7) is 5.54. The summed E-state index contributed by atoms with van der Waals surface area (Å²) in [5.41, 5.74) is 1.08. The molecule has 0 bridgehead atoms. The zero-order chi connectivity index (χ0) is 25.6. The van der Waals surface area contributed by atoms with Crippen LogP contribution in [0.25, 0.3) is 22.0 Å². The third kappa shape index (κ3) is 4.23. The van der Waals surface area contributed by atoms with Crippen LogP contribution in [0.2, 0.25) is 5.02 Å². The SMILES string of the molecule is C=CC(=O)N1CCN(c2nc(=O)n3c4c(c(-c5ccc(F)cc5)c(Cl)cc24)[S@@](=O)CC(OC)C3)CC1. The molecule has 1 unspecified atom stereocenters. The van der Waals surface area contributed by atoms with Gasteiger partial charge in [0.05, 0.1) is 44.6 Å². The summed E-state index contributed by atoms with van der Waals surface area (Å²) < 4.78 is 34.4. The number of hydrogen-bond acceptors (Lipinski definition) is 6. The number of anilines is 1. The van der Waals surface area contributed by atoms with Crippen LogP contribution in [0.4, 0.5) is 10.2 Å². The number of rotatable bonds is 4. The lowest BCUT2D eigenvalue weighted by molar-refractivity contribution is -0.126. The molecule has 0 aliphatic carbocycles. The summed E-state index contributed by atoms with van der Waals surface area (Å²) in [5.74, 6) is 0.0427. The van der Waals surface area contributed by atoms with Crippen molar-refractivity contribution >= 4 is 45.0 Å². The Hall–Kier alpha value is -3.08. The number of halogens is 2. The second-order valence-electron chi connectivity index (χ2n) is 8.68. The van der Waals surface area contributed by atoms with Crippen LogP contribution in [0.1, 0.15) is 0 Å². The second-order valence-corrected chi connectivity index (χ2v) is 10.5. The zero-order valence-corrected chi connectivity index (χ0v) is 21.1. The van der Waals surface area contributed by atoms with Gasteiger partial charge >= 0.3 is 5.69 Å². The molecule has 0 N–H and O–H groups in total. The lowest BCUT2D eigenvalue weighted by Gasteiger charge is -2.35. The van der Waals surface area contributed by atoms with Crippen LogP contribution in [0, 0.1) is 5.82 Å². The van der Waals surface area contributed by atoms with Crippen LogP contribution in [-0.2, 0) is 26.9 Å². The minimum atomic E-state index is -1.57. The topological polar surface area (TPSA) is 84.7 Å². The van der Waals surface area contributed by atoms with Gasteiger partial charge in [-0.05, 0) is 29.8 Å². The largest absolute Gasteiger partial charge is 0.379 e. The smallest absolute Gasteiger partial charge is 0.350 e. The molecule has 1 aromatic heterocycles. The van der Waals surface area contributed by atoms with Crippen molar-refractivity contribution in [3.63, 3.8) is 0 Å². The lowest BCUT2D eigenvalue weighted by atomic mass is 10.0. The Morgan fingerprint density at radius 3 is 2.58 bits per heavy atom. The monoisotopic (exact) mass is 530 g/mol. The molecule has 36 heavy (non-hydrogen) atoms. The highest BCUT2D eigenvalue weighted by molar-refractivity contribution is 7.85. The Bertz CT molecular complexity index is 1450. The number of nitrogens with zero attached hydrogens (tertiary/aromatic N) is 4. The summed E-state index contributed by atoms with van der Waals surface area (Å²) in [6.07, 6.45) is 0.810. The highest BCUT2D eigenvalue weighted by atomic mass is 35.5. The highest BCUT2D eigenvalue weighted by Gasteiger charge is 2.32. The average Bonchev–Trinajstić information content (AvgIpc) is 3.03. The maximum Gasteiger partial charge on any atom is 0.350 e. The molecule has 188 valence electrons.